The Bertz CT molecular complexity index is 2340. The molecule has 3 aromatic heterocycles. The van der Waals surface area contributed by atoms with Gasteiger partial charge in [-0.2, -0.15) is 0 Å². The Morgan fingerprint density at radius 1 is 0.409 bits per heavy atom. The van der Waals surface area contributed by atoms with Gasteiger partial charge in [-0.25, -0.2) is 0 Å². The van der Waals surface area contributed by atoms with Crippen LogP contribution in [0.2, 0.25) is 0 Å². The molecule has 0 unspecified atom stereocenters. The SMILES string of the molecule is [Pt+2].[c-]1c(-c2ccccn2)cccc1-n1c2[c-]c(-c3ccccn3)ccc2c2ccccc2c2ccccc2c2ccccc21. The van der Waals surface area contributed by atoms with Crippen molar-refractivity contribution in [1.82, 2.24) is 14.5 Å². The number of nitrogens with zero attached hydrogens (tertiary/aromatic N) is 3. The van der Waals surface area contributed by atoms with Crippen LogP contribution in [0.3, 0.4) is 0 Å². The van der Waals surface area contributed by atoms with Gasteiger partial charge in [0.25, 0.3) is 0 Å². The summed E-state index contributed by atoms with van der Waals surface area (Å²) in [5, 5.41) is 6.91. The van der Waals surface area contributed by atoms with Crippen molar-refractivity contribution in [3.05, 3.63) is 164 Å². The zero-order valence-electron chi connectivity index (χ0n) is 23.6. The van der Waals surface area contributed by atoms with Crippen molar-refractivity contribution in [3.63, 3.8) is 0 Å². The Morgan fingerprint density at radius 2 is 0.932 bits per heavy atom. The van der Waals surface area contributed by atoms with Crippen molar-refractivity contribution in [1.29, 1.82) is 0 Å². The minimum absolute atomic E-state index is 0. The van der Waals surface area contributed by atoms with Crippen molar-refractivity contribution >= 4 is 43.4 Å². The van der Waals surface area contributed by atoms with E-state index >= 15 is 0 Å². The van der Waals surface area contributed by atoms with E-state index in [1.165, 1.54) is 16.2 Å². The van der Waals surface area contributed by atoms with Gasteiger partial charge in [0.05, 0.1) is 5.52 Å². The zero-order valence-corrected chi connectivity index (χ0v) is 25.9. The van der Waals surface area contributed by atoms with Crippen molar-refractivity contribution in [2.45, 2.75) is 0 Å². The van der Waals surface area contributed by atoms with Gasteiger partial charge in [-0.05, 0) is 56.9 Å². The molecule has 0 amide bonds. The molecule has 0 spiro atoms. The molecule has 3 heterocycles. The molecule has 0 N–H and O–H groups in total. The average molecular weight is 743 g/mol. The maximum absolute atomic E-state index is 4.67. The van der Waals surface area contributed by atoms with Crippen molar-refractivity contribution in [3.8, 4) is 28.2 Å². The summed E-state index contributed by atoms with van der Waals surface area (Å²) in [6, 6.07) is 56.0. The topological polar surface area (TPSA) is 30.7 Å². The molecule has 5 aromatic carbocycles. The van der Waals surface area contributed by atoms with E-state index in [9.17, 15) is 0 Å². The Hall–Kier alpha value is -5.11. The van der Waals surface area contributed by atoms with Crippen molar-refractivity contribution < 1.29 is 21.1 Å². The predicted octanol–water partition coefficient (Wildman–Crippen LogP) is 9.94. The molecule has 210 valence electrons. The summed E-state index contributed by atoms with van der Waals surface area (Å²) in [5.41, 5.74) is 6.50. The molecule has 0 fully saturated rings. The quantitative estimate of drug-likeness (QED) is 0.169. The van der Waals surface area contributed by atoms with E-state index in [0.717, 1.165) is 55.4 Å². The van der Waals surface area contributed by atoms with Crippen LogP contribution in [0.5, 0.6) is 0 Å². The second-order valence-corrected chi connectivity index (χ2v) is 10.5. The summed E-state index contributed by atoms with van der Waals surface area (Å²) in [4.78, 5) is 9.28. The molecule has 8 aromatic rings. The molecule has 0 radical (unpaired) electrons. The van der Waals surface area contributed by atoms with Gasteiger partial charge in [-0.15, -0.1) is 53.6 Å². The molecule has 0 saturated heterocycles. The molecule has 8 rings (SSSR count). The van der Waals surface area contributed by atoms with Gasteiger partial charge in [0.2, 0.25) is 0 Å². The first kappa shape index (κ1) is 27.7. The van der Waals surface area contributed by atoms with Gasteiger partial charge in [0.15, 0.2) is 0 Å². The molecule has 0 bridgehead atoms. The minimum Gasteiger partial charge on any atom is -0.345 e. The average Bonchev–Trinajstić information content (AvgIpc) is 3.13. The van der Waals surface area contributed by atoms with E-state index in [4.69, 9.17) is 0 Å². The normalized spacial score (nSPS) is 11.0. The number of hydrogen-bond donors (Lipinski definition) is 0. The van der Waals surface area contributed by atoms with Crippen LogP contribution in [0.25, 0.3) is 71.6 Å². The van der Waals surface area contributed by atoms with Gasteiger partial charge < -0.3 is 14.5 Å². The van der Waals surface area contributed by atoms with E-state index in [1.807, 2.05) is 48.8 Å². The molecule has 0 aliphatic heterocycles. The zero-order chi connectivity index (χ0) is 28.6. The summed E-state index contributed by atoms with van der Waals surface area (Å²) in [6.07, 6.45) is 3.65. The maximum Gasteiger partial charge on any atom is 2.00 e. The molecular formula is C40H25N3Pt. The van der Waals surface area contributed by atoms with Crippen LogP contribution < -0.4 is 0 Å². The van der Waals surface area contributed by atoms with Crippen LogP contribution >= 0.6 is 0 Å². The number of fused-ring (bicyclic) bond motifs is 7. The summed E-state index contributed by atoms with van der Waals surface area (Å²) in [7, 11) is 0. The van der Waals surface area contributed by atoms with Gasteiger partial charge in [-0.1, -0.05) is 102 Å². The molecule has 3 nitrogen and oxygen atoms in total. The van der Waals surface area contributed by atoms with Gasteiger partial charge >= 0.3 is 21.1 Å². The second-order valence-electron chi connectivity index (χ2n) is 10.5. The molecule has 4 heteroatoms. The standard InChI is InChI=1S/C40H25N3.Pt/c1-3-16-33-31(14-1)32-15-2-4-17-34(32)36-23-22-29(38-20-8-10-25-42-38)27-40(36)43(39-21-6-5-18-35(33)39)30-13-11-12-28(26-30)37-19-7-9-24-41-37;/h1-25H;/q-2;+2. The predicted molar refractivity (Wildman–Crippen MR) is 178 cm³/mol. The third kappa shape index (κ3) is 4.86. The van der Waals surface area contributed by atoms with E-state index < -0.39 is 0 Å². The smallest absolute Gasteiger partial charge is 0.345 e. The molecular weight excluding hydrogens is 718 g/mol. The number of pyridine rings is 2. The molecule has 0 atom stereocenters. The number of para-hydroxylation sites is 1. The van der Waals surface area contributed by atoms with Gasteiger partial charge in [-0.3, -0.25) is 0 Å². The second kappa shape index (κ2) is 11.9. The van der Waals surface area contributed by atoms with E-state index in [0.29, 0.717) is 0 Å². The van der Waals surface area contributed by atoms with E-state index in [-0.39, 0.29) is 21.1 Å². The number of rotatable bonds is 3. The van der Waals surface area contributed by atoms with Crippen LogP contribution in [0, 0.1) is 12.1 Å². The third-order valence-corrected chi connectivity index (χ3v) is 7.92. The van der Waals surface area contributed by atoms with Crippen LogP contribution in [-0.2, 0) is 21.1 Å². The first-order chi connectivity index (χ1) is 21.3. The minimum atomic E-state index is 0. The molecule has 0 saturated carbocycles. The number of hydrogen-bond acceptors (Lipinski definition) is 2. The Kier molecular flexibility index (Phi) is 7.48. The van der Waals surface area contributed by atoms with Gasteiger partial charge in [0.1, 0.15) is 0 Å². The fourth-order valence-electron chi connectivity index (χ4n) is 5.98. The van der Waals surface area contributed by atoms with Crippen molar-refractivity contribution in [2.24, 2.45) is 0 Å². The maximum atomic E-state index is 4.67. The Balaban J connectivity index is 0.00000312. The summed E-state index contributed by atoms with van der Waals surface area (Å²) >= 11 is 0. The summed E-state index contributed by atoms with van der Waals surface area (Å²) in [6.45, 7) is 0. The largest absolute Gasteiger partial charge is 2.00 e. The van der Waals surface area contributed by atoms with Crippen LogP contribution in [0.15, 0.2) is 152 Å². The monoisotopic (exact) mass is 742 g/mol. The fourth-order valence-corrected chi connectivity index (χ4v) is 5.98. The summed E-state index contributed by atoms with van der Waals surface area (Å²) < 4.78 is 2.29. The first-order valence-electron chi connectivity index (χ1n) is 14.3. The van der Waals surface area contributed by atoms with E-state index in [1.54, 1.807) is 0 Å². The fraction of sp³-hybridized carbons (Fsp3) is 0. The molecule has 44 heavy (non-hydrogen) atoms. The Morgan fingerprint density at radius 3 is 1.55 bits per heavy atom. The third-order valence-electron chi connectivity index (χ3n) is 7.92. The number of benzene rings is 5. The molecule has 0 aliphatic carbocycles. The van der Waals surface area contributed by atoms with Crippen molar-refractivity contribution in [2.75, 3.05) is 0 Å². The summed E-state index contributed by atoms with van der Waals surface area (Å²) in [5.74, 6) is 0. The first-order valence-corrected chi connectivity index (χ1v) is 14.3. The van der Waals surface area contributed by atoms with Crippen LogP contribution in [0.4, 0.5) is 0 Å². The van der Waals surface area contributed by atoms with E-state index in [2.05, 4.69) is 130 Å². The van der Waals surface area contributed by atoms with Crippen LogP contribution in [0.1, 0.15) is 0 Å². The molecule has 0 aliphatic rings. The van der Waals surface area contributed by atoms with Crippen LogP contribution in [-0.4, -0.2) is 14.5 Å². The Labute approximate surface area is 270 Å². The number of aromatic nitrogens is 3. The van der Waals surface area contributed by atoms with Gasteiger partial charge in [0, 0.05) is 17.8 Å².